The molecule has 1 rings (SSSR count). The van der Waals surface area contributed by atoms with Crippen LogP contribution in [0.3, 0.4) is 0 Å². The first-order valence-electron chi connectivity index (χ1n) is 10.4. The molecule has 0 aromatic heterocycles. The molecule has 0 spiro atoms. The van der Waals surface area contributed by atoms with Crippen molar-refractivity contribution >= 4 is 12.1 Å². The van der Waals surface area contributed by atoms with Crippen LogP contribution in [0.2, 0.25) is 0 Å². The van der Waals surface area contributed by atoms with Gasteiger partial charge in [0.1, 0.15) is 5.60 Å². The summed E-state index contributed by atoms with van der Waals surface area (Å²) in [6.07, 6.45) is 6.08. The quantitative estimate of drug-likeness (QED) is 0.444. The predicted molar refractivity (Wildman–Crippen MR) is 112 cm³/mol. The number of hydrogen-bond donors (Lipinski definition) is 3. The molecule has 0 atom stereocenters. The van der Waals surface area contributed by atoms with E-state index < -0.39 is 5.60 Å². The Bertz CT molecular complexity index is 454. The largest absolute Gasteiger partial charge is 0.444 e. The molecular weight excluding hydrogens is 342 g/mol. The third-order valence-corrected chi connectivity index (χ3v) is 4.69. The number of nitrogens with zero attached hydrogens (tertiary/aromatic N) is 2. The minimum Gasteiger partial charge on any atom is -0.444 e. The summed E-state index contributed by atoms with van der Waals surface area (Å²) in [5, 5.41) is 9.90. The maximum absolute atomic E-state index is 11.9. The lowest BCUT2D eigenvalue weighted by atomic mass is 9.91. The predicted octanol–water partition coefficient (Wildman–Crippen LogP) is 2.72. The summed E-state index contributed by atoms with van der Waals surface area (Å²) >= 11 is 0. The molecule has 0 aliphatic heterocycles. The number of unbranched alkanes of at least 4 members (excludes halogenated alkanes) is 1. The first kappa shape index (κ1) is 23.5. The number of amides is 1. The average molecular weight is 384 g/mol. The number of nitrogens with one attached hydrogen (secondary N) is 3. The Labute approximate surface area is 165 Å². The number of guanidine groups is 1. The van der Waals surface area contributed by atoms with E-state index in [-0.39, 0.29) is 12.1 Å². The molecule has 7 nitrogen and oxygen atoms in total. The summed E-state index contributed by atoms with van der Waals surface area (Å²) in [5.41, 5.74) is -0.453. The third-order valence-electron chi connectivity index (χ3n) is 4.69. The number of alkyl carbamates (subject to hydrolysis) is 1. The van der Waals surface area contributed by atoms with E-state index in [0.29, 0.717) is 6.04 Å². The van der Waals surface area contributed by atoms with Gasteiger partial charge >= 0.3 is 6.09 Å². The number of carbonyl (C=O) groups excluding carboxylic acids is 1. The van der Waals surface area contributed by atoms with Crippen LogP contribution in [0.1, 0.15) is 66.2 Å². The van der Waals surface area contributed by atoms with Gasteiger partial charge in [-0.3, -0.25) is 4.99 Å². The minimum atomic E-state index is -0.453. The van der Waals surface area contributed by atoms with E-state index in [0.717, 1.165) is 51.3 Å². The molecule has 0 radical (unpaired) electrons. The lowest BCUT2D eigenvalue weighted by Crippen LogP contribution is -2.49. The molecule has 0 aromatic carbocycles. The SMILES string of the molecule is CCCCN(C)CCNC(=NC)NC1CCC(NC(=O)OC(C)(C)C)CC1. The molecule has 1 saturated carbocycles. The number of hydrogen-bond acceptors (Lipinski definition) is 4. The lowest BCUT2D eigenvalue weighted by molar-refractivity contribution is 0.0490. The van der Waals surface area contributed by atoms with Gasteiger partial charge in [-0.25, -0.2) is 4.79 Å². The van der Waals surface area contributed by atoms with E-state index in [1.54, 1.807) is 0 Å². The van der Waals surface area contributed by atoms with Gasteiger partial charge in [0.05, 0.1) is 0 Å². The van der Waals surface area contributed by atoms with Crippen molar-refractivity contribution < 1.29 is 9.53 Å². The molecule has 3 N–H and O–H groups in total. The molecule has 0 heterocycles. The summed E-state index contributed by atoms with van der Waals surface area (Å²) < 4.78 is 5.34. The van der Waals surface area contributed by atoms with Gasteiger partial charge in [-0.15, -0.1) is 0 Å². The molecule has 158 valence electrons. The molecule has 0 unspecified atom stereocenters. The highest BCUT2D eigenvalue weighted by Crippen LogP contribution is 2.19. The molecule has 1 aliphatic rings. The summed E-state index contributed by atoms with van der Waals surface area (Å²) in [6.45, 7) is 10.9. The van der Waals surface area contributed by atoms with Crippen molar-refractivity contribution in [2.75, 3.05) is 33.7 Å². The minimum absolute atomic E-state index is 0.195. The summed E-state index contributed by atoms with van der Waals surface area (Å²) in [6, 6.07) is 0.589. The number of aliphatic imine (C=N–C) groups is 1. The Hall–Kier alpha value is -1.50. The van der Waals surface area contributed by atoms with Crippen molar-refractivity contribution in [1.29, 1.82) is 0 Å². The van der Waals surface area contributed by atoms with Crippen molar-refractivity contribution in [3.63, 3.8) is 0 Å². The molecule has 1 aliphatic carbocycles. The van der Waals surface area contributed by atoms with E-state index in [4.69, 9.17) is 4.74 Å². The van der Waals surface area contributed by atoms with E-state index in [1.165, 1.54) is 12.8 Å². The zero-order valence-electron chi connectivity index (χ0n) is 18.2. The molecular formula is C20H41N5O2. The van der Waals surface area contributed by atoms with Gasteiger partial charge < -0.3 is 25.6 Å². The van der Waals surface area contributed by atoms with Crippen LogP contribution in [-0.4, -0.2) is 68.4 Å². The van der Waals surface area contributed by atoms with Gasteiger partial charge in [-0.05, 0) is 66.5 Å². The monoisotopic (exact) mass is 383 g/mol. The fraction of sp³-hybridized carbons (Fsp3) is 0.900. The highest BCUT2D eigenvalue weighted by molar-refractivity contribution is 5.79. The van der Waals surface area contributed by atoms with Gasteiger partial charge in [0, 0.05) is 32.2 Å². The van der Waals surface area contributed by atoms with E-state index in [9.17, 15) is 4.79 Å². The topological polar surface area (TPSA) is 78.0 Å². The highest BCUT2D eigenvalue weighted by atomic mass is 16.6. The fourth-order valence-electron chi connectivity index (χ4n) is 3.15. The van der Waals surface area contributed by atoms with Crippen molar-refractivity contribution in [2.45, 2.75) is 83.9 Å². The van der Waals surface area contributed by atoms with Gasteiger partial charge in [0.15, 0.2) is 5.96 Å². The number of carbonyl (C=O) groups is 1. The van der Waals surface area contributed by atoms with Gasteiger partial charge in [-0.2, -0.15) is 0 Å². The molecule has 1 amide bonds. The van der Waals surface area contributed by atoms with Crippen molar-refractivity contribution in [3.05, 3.63) is 0 Å². The Kier molecular flexibility index (Phi) is 10.5. The second-order valence-corrected chi connectivity index (χ2v) is 8.49. The zero-order chi connectivity index (χ0) is 20.3. The van der Waals surface area contributed by atoms with Crippen LogP contribution in [0.4, 0.5) is 4.79 Å². The third kappa shape index (κ3) is 11.1. The van der Waals surface area contributed by atoms with Crippen LogP contribution < -0.4 is 16.0 Å². The van der Waals surface area contributed by atoms with Crippen LogP contribution in [0.5, 0.6) is 0 Å². The van der Waals surface area contributed by atoms with Crippen molar-refractivity contribution in [3.8, 4) is 0 Å². The molecule has 0 saturated heterocycles. The van der Waals surface area contributed by atoms with E-state index in [2.05, 4.69) is 39.8 Å². The van der Waals surface area contributed by atoms with Crippen molar-refractivity contribution in [2.24, 2.45) is 4.99 Å². The number of rotatable bonds is 8. The Morgan fingerprint density at radius 2 is 1.70 bits per heavy atom. The second-order valence-electron chi connectivity index (χ2n) is 8.49. The number of ether oxygens (including phenoxy) is 1. The first-order valence-corrected chi connectivity index (χ1v) is 10.4. The normalized spacial score (nSPS) is 21.1. The van der Waals surface area contributed by atoms with E-state index in [1.807, 2.05) is 27.8 Å². The smallest absolute Gasteiger partial charge is 0.407 e. The van der Waals surface area contributed by atoms with Crippen molar-refractivity contribution in [1.82, 2.24) is 20.9 Å². The van der Waals surface area contributed by atoms with Crippen LogP contribution in [0.15, 0.2) is 4.99 Å². The van der Waals surface area contributed by atoms with Gasteiger partial charge in [-0.1, -0.05) is 13.3 Å². The lowest BCUT2D eigenvalue weighted by Gasteiger charge is -2.31. The standard InChI is InChI=1S/C20H41N5O2/c1-7-8-14-25(6)15-13-22-18(21-5)23-16-9-11-17(12-10-16)24-19(26)27-20(2,3)4/h16-17H,7-15H2,1-6H3,(H,24,26)(H2,21,22,23). The average Bonchev–Trinajstić information content (AvgIpc) is 2.59. The Balaban J connectivity index is 2.25. The maximum atomic E-state index is 11.9. The van der Waals surface area contributed by atoms with Crippen LogP contribution in [0.25, 0.3) is 0 Å². The summed E-state index contributed by atoms with van der Waals surface area (Å²) in [4.78, 5) is 18.6. The van der Waals surface area contributed by atoms with Crippen LogP contribution in [-0.2, 0) is 4.74 Å². The zero-order valence-corrected chi connectivity index (χ0v) is 18.2. The Morgan fingerprint density at radius 3 is 2.22 bits per heavy atom. The Morgan fingerprint density at radius 1 is 1.11 bits per heavy atom. The molecule has 0 bridgehead atoms. The number of likely N-dealkylation sites (N-methyl/N-ethyl adjacent to an activating group) is 1. The molecule has 7 heteroatoms. The molecule has 1 fully saturated rings. The van der Waals surface area contributed by atoms with Crippen LogP contribution in [0, 0.1) is 0 Å². The van der Waals surface area contributed by atoms with E-state index >= 15 is 0 Å². The summed E-state index contributed by atoms with van der Waals surface area (Å²) in [7, 11) is 3.97. The second kappa shape index (κ2) is 12.1. The maximum Gasteiger partial charge on any atom is 0.407 e. The molecule has 27 heavy (non-hydrogen) atoms. The first-order chi connectivity index (χ1) is 12.7. The molecule has 0 aromatic rings. The van der Waals surface area contributed by atoms with Gasteiger partial charge in [0.25, 0.3) is 0 Å². The highest BCUT2D eigenvalue weighted by Gasteiger charge is 2.25. The summed E-state index contributed by atoms with van der Waals surface area (Å²) in [5.74, 6) is 0.863. The van der Waals surface area contributed by atoms with Gasteiger partial charge in [0.2, 0.25) is 0 Å². The van der Waals surface area contributed by atoms with Crippen LogP contribution >= 0.6 is 0 Å². The fourth-order valence-corrected chi connectivity index (χ4v) is 3.15.